The highest BCUT2D eigenvalue weighted by molar-refractivity contribution is 5.85. The van der Waals surface area contributed by atoms with Crippen LogP contribution in [-0.2, 0) is 16.0 Å². The lowest BCUT2D eigenvalue weighted by molar-refractivity contribution is -0.141. The Morgan fingerprint density at radius 1 is 1.12 bits per heavy atom. The molecule has 0 spiro atoms. The van der Waals surface area contributed by atoms with Crippen LogP contribution >= 0.6 is 0 Å². The molecule has 1 atom stereocenters. The van der Waals surface area contributed by atoms with Crippen LogP contribution in [0.4, 0.5) is 0 Å². The molecule has 1 aliphatic heterocycles. The molecule has 1 aromatic rings. The number of nitrogens with zero attached hydrogens (tertiary/aromatic N) is 2. The summed E-state index contributed by atoms with van der Waals surface area (Å²) < 4.78 is 0. The van der Waals surface area contributed by atoms with Crippen LogP contribution in [0.1, 0.15) is 76.0 Å². The number of fused-ring (bicyclic) bond motifs is 1. The molecule has 0 aromatic heterocycles. The third kappa shape index (κ3) is 5.58. The Hall–Kier alpha value is -1.84. The van der Waals surface area contributed by atoms with Gasteiger partial charge in [0.1, 0.15) is 0 Å². The number of amides is 2. The van der Waals surface area contributed by atoms with Crippen molar-refractivity contribution in [3.05, 3.63) is 35.4 Å². The maximum absolute atomic E-state index is 12.7. The largest absolute Gasteiger partial charge is 0.336 e. The molecule has 0 saturated heterocycles. The van der Waals surface area contributed by atoms with Crippen LogP contribution in [0.2, 0.25) is 0 Å². The maximum atomic E-state index is 12.7. The Morgan fingerprint density at radius 2 is 1.81 bits per heavy atom. The standard InChI is InChI=1S/C22H34N2O2/c1-4-5-6-7-8-9-14-21(25)23(3)17-22(26)24-16-15-19-12-10-11-13-20(19)18(24)2/h10-13,18H,4-9,14-17H2,1-3H3. The lowest BCUT2D eigenvalue weighted by Gasteiger charge is -2.36. The molecule has 144 valence electrons. The summed E-state index contributed by atoms with van der Waals surface area (Å²) >= 11 is 0. The van der Waals surface area contributed by atoms with E-state index in [4.69, 9.17) is 0 Å². The van der Waals surface area contributed by atoms with Crippen molar-refractivity contribution in [3.8, 4) is 0 Å². The lowest BCUT2D eigenvalue weighted by atomic mass is 9.93. The summed E-state index contributed by atoms with van der Waals surface area (Å²) in [5, 5.41) is 0. The average molecular weight is 359 g/mol. The van der Waals surface area contributed by atoms with Gasteiger partial charge in [-0.3, -0.25) is 9.59 Å². The van der Waals surface area contributed by atoms with Crippen molar-refractivity contribution in [1.82, 2.24) is 9.80 Å². The molecule has 2 rings (SSSR count). The minimum Gasteiger partial charge on any atom is -0.336 e. The first kappa shape index (κ1) is 20.5. The van der Waals surface area contributed by atoms with Crippen molar-refractivity contribution in [1.29, 1.82) is 0 Å². The van der Waals surface area contributed by atoms with Crippen molar-refractivity contribution in [2.45, 2.75) is 71.3 Å². The number of rotatable bonds is 9. The number of carbonyl (C=O) groups excluding carboxylic acids is 2. The minimum atomic E-state index is 0.0470. The van der Waals surface area contributed by atoms with E-state index >= 15 is 0 Å². The second-order valence-electron chi connectivity index (χ2n) is 7.48. The van der Waals surface area contributed by atoms with Gasteiger partial charge in [-0.25, -0.2) is 0 Å². The summed E-state index contributed by atoms with van der Waals surface area (Å²) in [5.41, 5.74) is 2.56. The van der Waals surface area contributed by atoms with Gasteiger partial charge in [-0.15, -0.1) is 0 Å². The average Bonchev–Trinajstić information content (AvgIpc) is 2.64. The summed E-state index contributed by atoms with van der Waals surface area (Å²) in [7, 11) is 1.75. The smallest absolute Gasteiger partial charge is 0.242 e. The zero-order valence-corrected chi connectivity index (χ0v) is 16.7. The van der Waals surface area contributed by atoms with Crippen LogP contribution in [0, 0.1) is 0 Å². The fourth-order valence-electron chi connectivity index (χ4n) is 3.74. The Balaban J connectivity index is 1.77. The van der Waals surface area contributed by atoms with Crippen LogP contribution in [0.3, 0.4) is 0 Å². The summed E-state index contributed by atoms with van der Waals surface area (Å²) in [6.07, 6.45) is 8.45. The molecule has 1 aromatic carbocycles. The van der Waals surface area contributed by atoms with E-state index in [0.717, 1.165) is 25.8 Å². The molecule has 0 aliphatic carbocycles. The second-order valence-corrected chi connectivity index (χ2v) is 7.48. The molecule has 1 unspecified atom stereocenters. The van der Waals surface area contributed by atoms with Gasteiger partial charge in [-0.2, -0.15) is 0 Å². The molecular weight excluding hydrogens is 324 g/mol. The van der Waals surface area contributed by atoms with Crippen molar-refractivity contribution in [3.63, 3.8) is 0 Å². The number of hydrogen-bond donors (Lipinski definition) is 0. The van der Waals surface area contributed by atoms with E-state index in [-0.39, 0.29) is 24.4 Å². The Labute approximate surface area is 158 Å². The van der Waals surface area contributed by atoms with Crippen LogP contribution < -0.4 is 0 Å². The number of hydrogen-bond acceptors (Lipinski definition) is 2. The van der Waals surface area contributed by atoms with Gasteiger partial charge in [0.05, 0.1) is 12.6 Å². The van der Waals surface area contributed by atoms with Crippen molar-refractivity contribution in [2.24, 2.45) is 0 Å². The van der Waals surface area contributed by atoms with Gasteiger partial charge in [-0.05, 0) is 30.9 Å². The highest BCUT2D eigenvalue weighted by atomic mass is 16.2. The molecule has 0 radical (unpaired) electrons. The fraction of sp³-hybridized carbons (Fsp3) is 0.636. The van der Waals surface area contributed by atoms with Gasteiger partial charge < -0.3 is 9.80 Å². The topological polar surface area (TPSA) is 40.6 Å². The Bertz CT molecular complexity index is 600. The van der Waals surface area contributed by atoms with Crippen molar-refractivity contribution in [2.75, 3.05) is 20.1 Å². The fourth-order valence-corrected chi connectivity index (χ4v) is 3.74. The van der Waals surface area contributed by atoms with E-state index < -0.39 is 0 Å². The zero-order valence-electron chi connectivity index (χ0n) is 16.7. The van der Waals surface area contributed by atoms with Crippen LogP contribution in [0.5, 0.6) is 0 Å². The molecule has 4 heteroatoms. The summed E-state index contributed by atoms with van der Waals surface area (Å²) in [6.45, 7) is 5.20. The van der Waals surface area contributed by atoms with Gasteiger partial charge >= 0.3 is 0 Å². The van der Waals surface area contributed by atoms with E-state index in [9.17, 15) is 9.59 Å². The third-order valence-electron chi connectivity index (χ3n) is 5.46. The first-order chi connectivity index (χ1) is 12.5. The minimum absolute atomic E-state index is 0.0470. The molecule has 1 heterocycles. The number of benzene rings is 1. The van der Waals surface area contributed by atoms with Crippen LogP contribution in [-0.4, -0.2) is 41.8 Å². The zero-order chi connectivity index (χ0) is 18.9. The van der Waals surface area contributed by atoms with Gasteiger partial charge in [0.15, 0.2) is 0 Å². The van der Waals surface area contributed by atoms with E-state index in [1.165, 1.54) is 36.8 Å². The highest BCUT2D eigenvalue weighted by Gasteiger charge is 2.28. The molecule has 0 bridgehead atoms. The molecule has 26 heavy (non-hydrogen) atoms. The molecule has 0 saturated carbocycles. The quantitative estimate of drug-likeness (QED) is 0.616. The summed E-state index contributed by atoms with van der Waals surface area (Å²) in [5.74, 6) is 0.129. The predicted molar refractivity (Wildman–Crippen MR) is 106 cm³/mol. The van der Waals surface area contributed by atoms with E-state index in [0.29, 0.717) is 6.42 Å². The summed E-state index contributed by atoms with van der Waals surface area (Å²) in [6, 6.07) is 8.41. The molecule has 0 fully saturated rings. The van der Waals surface area contributed by atoms with E-state index in [1.54, 1.807) is 11.9 Å². The van der Waals surface area contributed by atoms with Crippen LogP contribution in [0.15, 0.2) is 24.3 Å². The molecular formula is C22H34N2O2. The number of unbranched alkanes of at least 4 members (excludes halogenated alkanes) is 5. The molecule has 0 N–H and O–H groups in total. The maximum Gasteiger partial charge on any atom is 0.242 e. The third-order valence-corrected chi connectivity index (χ3v) is 5.46. The SMILES string of the molecule is CCCCCCCCC(=O)N(C)CC(=O)N1CCc2ccccc2C1C. The van der Waals surface area contributed by atoms with Crippen LogP contribution in [0.25, 0.3) is 0 Å². The van der Waals surface area contributed by atoms with Gasteiger partial charge in [0.2, 0.25) is 11.8 Å². The first-order valence-corrected chi connectivity index (χ1v) is 10.2. The van der Waals surface area contributed by atoms with Gasteiger partial charge in [0, 0.05) is 20.0 Å². The monoisotopic (exact) mass is 358 g/mol. The van der Waals surface area contributed by atoms with Gasteiger partial charge in [-0.1, -0.05) is 63.3 Å². The highest BCUT2D eigenvalue weighted by Crippen LogP contribution is 2.29. The molecule has 1 aliphatic rings. The molecule has 2 amide bonds. The summed E-state index contributed by atoms with van der Waals surface area (Å²) in [4.78, 5) is 28.5. The normalized spacial score (nSPS) is 16.3. The van der Waals surface area contributed by atoms with Crippen molar-refractivity contribution >= 4 is 11.8 Å². The van der Waals surface area contributed by atoms with E-state index in [2.05, 4.69) is 32.0 Å². The lowest BCUT2D eigenvalue weighted by Crippen LogP contribution is -2.44. The first-order valence-electron chi connectivity index (χ1n) is 10.2. The van der Waals surface area contributed by atoms with E-state index in [1.807, 2.05) is 11.0 Å². The van der Waals surface area contributed by atoms with Gasteiger partial charge in [0.25, 0.3) is 0 Å². The number of carbonyl (C=O) groups is 2. The number of likely N-dealkylation sites (N-methyl/N-ethyl adjacent to an activating group) is 1. The van der Waals surface area contributed by atoms with Crippen molar-refractivity contribution < 1.29 is 9.59 Å². The molecule has 4 nitrogen and oxygen atoms in total. The Morgan fingerprint density at radius 3 is 2.58 bits per heavy atom. The Kier molecular flexibility index (Phi) is 8.14. The second kappa shape index (κ2) is 10.3. The predicted octanol–water partition coefficient (Wildman–Crippen LogP) is 4.34.